The summed E-state index contributed by atoms with van der Waals surface area (Å²) >= 11 is 0. The van der Waals surface area contributed by atoms with Crippen molar-refractivity contribution in [3.63, 3.8) is 0 Å². The highest BCUT2D eigenvalue weighted by Gasteiger charge is 2.31. The van der Waals surface area contributed by atoms with Crippen molar-refractivity contribution < 1.29 is 5.11 Å². The standard InChI is InChI=1S/C18H22N2O/c1-13(15-6-3-5-9-18(15)21)20-12-14(10-11-19)16-7-2-4-8-17(16)20/h2-9,13-14,21H,10-12,19H2,1H3. The normalized spacial score (nSPS) is 18.6. The van der Waals surface area contributed by atoms with Gasteiger partial charge in [-0.25, -0.2) is 0 Å². The van der Waals surface area contributed by atoms with Crippen LogP contribution in [0.2, 0.25) is 0 Å². The van der Waals surface area contributed by atoms with Crippen LogP contribution in [0.25, 0.3) is 0 Å². The largest absolute Gasteiger partial charge is 0.508 e. The molecule has 0 saturated carbocycles. The number of rotatable bonds is 4. The summed E-state index contributed by atoms with van der Waals surface area (Å²) < 4.78 is 0. The summed E-state index contributed by atoms with van der Waals surface area (Å²) in [4.78, 5) is 2.38. The quantitative estimate of drug-likeness (QED) is 0.903. The lowest BCUT2D eigenvalue weighted by molar-refractivity contribution is 0.460. The Morgan fingerprint density at radius 2 is 1.90 bits per heavy atom. The first kappa shape index (κ1) is 14.0. The summed E-state index contributed by atoms with van der Waals surface area (Å²) in [5, 5.41) is 10.1. The molecule has 0 saturated heterocycles. The highest BCUT2D eigenvalue weighted by molar-refractivity contribution is 5.62. The Bertz CT molecular complexity index is 626. The summed E-state index contributed by atoms with van der Waals surface area (Å²) in [6.07, 6.45) is 1.00. The van der Waals surface area contributed by atoms with E-state index in [1.54, 1.807) is 6.07 Å². The SMILES string of the molecule is CC(c1ccccc1O)N1CC(CCN)c2ccccc21. The van der Waals surface area contributed by atoms with Gasteiger partial charge in [0.25, 0.3) is 0 Å². The van der Waals surface area contributed by atoms with Crippen molar-refractivity contribution in [2.75, 3.05) is 18.0 Å². The van der Waals surface area contributed by atoms with Gasteiger partial charge in [0.15, 0.2) is 0 Å². The van der Waals surface area contributed by atoms with Crippen LogP contribution in [0.15, 0.2) is 48.5 Å². The van der Waals surface area contributed by atoms with E-state index in [-0.39, 0.29) is 6.04 Å². The molecule has 2 aromatic carbocycles. The Kier molecular flexibility index (Phi) is 3.84. The van der Waals surface area contributed by atoms with Crippen LogP contribution < -0.4 is 10.6 Å². The molecular formula is C18H22N2O. The maximum absolute atomic E-state index is 10.1. The fraction of sp³-hybridized carbons (Fsp3) is 0.333. The number of hydrogen-bond donors (Lipinski definition) is 2. The zero-order valence-corrected chi connectivity index (χ0v) is 12.4. The van der Waals surface area contributed by atoms with Crippen molar-refractivity contribution in [1.29, 1.82) is 0 Å². The van der Waals surface area contributed by atoms with Crippen molar-refractivity contribution in [2.45, 2.75) is 25.3 Å². The number of phenols is 1. The van der Waals surface area contributed by atoms with Crippen molar-refractivity contribution in [2.24, 2.45) is 5.73 Å². The first-order valence-electron chi connectivity index (χ1n) is 7.56. The summed E-state index contributed by atoms with van der Waals surface area (Å²) in [5.74, 6) is 0.851. The molecule has 0 aliphatic carbocycles. The fourth-order valence-corrected chi connectivity index (χ4v) is 3.35. The number of benzene rings is 2. The van der Waals surface area contributed by atoms with Gasteiger partial charge in [-0.15, -0.1) is 0 Å². The molecule has 2 unspecified atom stereocenters. The maximum atomic E-state index is 10.1. The first-order chi connectivity index (χ1) is 10.2. The molecule has 110 valence electrons. The Balaban J connectivity index is 1.95. The molecular weight excluding hydrogens is 260 g/mol. The number of aromatic hydroxyl groups is 1. The second-order valence-electron chi connectivity index (χ2n) is 5.72. The Morgan fingerprint density at radius 1 is 1.19 bits per heavy atom. The average Bonchev–Trinajstić information content (AvgIpc) is 2.87. The van der Waals surface area contributed by atoms with Gasteiger partial charge in [0.1, 0.15) is 5.75 Å². The molecule has 0 amide bonds. The van der Waals surface area contributed by atoms with E-state index in [0.717, 1.165) is 18.5 Å². The fourth-order valence-electron chi connectivity index (χ4n) is 3.35. The predicted molar refractivity (Wildman–Crippen MR) is 86.7 cm³/mol. The molecule has 0 spiro atoms. The molecule has 1 aliphatic heterocycles. The lowest BCUT2D eigenvalue weighted by atomic mass is 9.98. The van der Waals surface area contributed by atoms with Gasteiger partial charge in [-0.3, -0.25) is 0 Å². The van der Waals surface area contributed by atoms with Gasteiger partial charge >= 0.3 is 0 Å². The molecule has 3 rings (SSSR count). The summed E-state index contributed by atoms with van der Waals surface area (Å²) in [7, 11) is 0. The van der Waals surface area contributed by atoms with Crippen LogP contribution in [0.1, 0.15) is 36.4 Å². The zero-order valence-electron chi connectivity index (χ0n) is 12.4. The van der Waals surface area contributed by atoms with Gasteiger partial charge < -0.3 is 15.7 Å². The van der Waals surface area contributed by atoms with Gasteiger partial charge in [0, 0.05) is 23.7 Å². The van der Waals surface area contributed by atoms with Gasteiger partial charge in [0.05, 0.1) is 6.04 Å². The highest BCUT2D eigenvalue weighted by Crippen LogP contribution is 2.43. The van der Waals surface area contributed by atoms with Crippen molar-refractivity contribution in [1.82, 2.24) is 0 Å². The lowest BCUT2D eigenvalue weighted by Crippen LogP contribution is -2.26. The lowest BCUT2D eigenvalue weighted by Gasteiger charge is -2.28. The van der Waals surface area contributed by atoms with Crippen molar-refractivity contribution in [3.8, 4) is 5.75 Å². The van der Waals surface area contributed by atoms with Gasteiger partial charge in [-0.2, -0.15) is 0 Å². The van der Waals surface area contributed by atoms with Crippen molar-refractivity contribution in [3.05, 3.63) is 59.7 Å². The van der Waals surface area contributed by atoms with Gasteiger partial charge in [-0.05, 0) is 37.6 Å². The average molecular weight is 282 g/mol. The van der Waals surface area contributed by atoms with E-state index < -0.39 is 0 Å². The third kappa shape index (κ3) is 2.49. The van der Waals surface area contributed by atoms with Crippen LogP contribution in [-0.4, -0.2) is 18.2 Å². The van der Waals surface area contributed by atoms with Crippen LogP contribution in [0, 0.1) is 0 Å². The highest BCUT2D eigenvalue weighted by atomic mass is 16.3. The number of fused-ring (bicyclic) bond motifs is 1. The molecule has 3 nitrogen and oxygen atoms in total. The molecule has 3 heteroatoms. The molecule has 3 N–H and O–H groups in total. The molecule has 2 atom stereocenters. The minimum absolute atomic E-state index is 0.148. The number of para-hydroxylation sites is 2. The Morgan fingerprint density at radius 3 is 2.67 bits per heavy atom. The smallest absolute Gasteiger partial charge is 0.120 e. The molecule has 2 aromatic rings. The number of phenolic OH excluding ortho intramolecular Hbond substituents is 1. The van der Waals surface area contributed by atoms with E-state index in [0.29, 0.717) is 18.2 Å². The third-order valence-corrected chi connectivity index (χ3v) is 4.47. The number of anilines is 1. The molecule has 1 aliphatic rings. The summed E-state index contributed by atoms with van der Waals surface area (Å²) in [6, 6.07) is 16.3. The van der Waals surface area contributed by atoms with E-state index >= 15 is 0 Å². The van der Waals surface area contributed by atoms with E-state index in [2.05, 4.69) is 36.1 Å². The van der Waals surface area contributed by atoms with Crippen LogP contribution in [0.4, 0.5) is 5.69 Å². The zero-order chi connectivity index (χ0) is 14.8. The topological polar surface area (TPSA) is 49.5 Å². The molecule has 0 radical (unpaired) electrons. The van der Waals surface area contributed by atoms with E-state index in [9.17, 15) is 5.11 Å². The Hall–Kier alpha value is -2.00. The predicted octanol–water partition coefficient (Wildman–Crippen LogP) is 3.41. The monoisotopic (exact) mass is 282 g/mol. The van der Waals surface area contributed by atoms with Crippen LogP contribution in [0.5, 0.6) is 5.75 Å². The van der Waals surface area contributed by atoms with Gasteiger partial charge in [-0.1, -0.05) is 36.4 Å². The molecule has 1 heterocycles. The molecule has 0 fully saturated rings. The number of nitrogens with zero attached hydrogens (tertiary/aromatic N) is 1. The molecule has 21 heavy (non-hydrogen) atoms. The summed E-state index contributed by atoms with van der Waals surface area (Å²) in [6.45, 7) is 3.82. The van der Waals surface area contributed by atoms with Crippen LogP contribution in [-0.2, 0) is 0 Å². The maximum Gasteiger partial charge on any atom is 0.120 e. The summed E-state index contributed by atoms with van der Waals surface area (Å²) in [5.41, 5.74) is 9.39. The molecule has 0 bridgehead atoms. The van der Waals surface area contributed by atoms with Crippen LogP contribution >= 0.6 is 0 Å². The molecule has 0 aromatic heterocycles. The first-order valence-corrected chi connectivity index (χ1v) is 7.56. The van der Waals surface area contributed by atoms with Crippen LogP contribution in [0.3, 0.4) is 0 Å². The second-order valence-corrected chi connectivity index (χ2v) is 5.72. The number of nitrogens with two attached hydrogens (primary N) is 1. The van der Waals surface area contributed by atoms with Crippen molar-refractivity contribution >= 4 is 5.69 Å². The minimum atomic E-state index is 0.148. The van der Waals surface area contributed by atoms with E-state index in [1.807, 2.05) is 18.2 Å². The third-order valence-electron chi connectivity index (χ3n) is 4.47. The van der Waals surface area contributed by atoms with Gasteiger partial charge in [0.2, 0.25) is 0 Å². The van der Waals surface area contributed by atoms with E-state index in [4.69, 9.17) is 5.73 Å². The number of hydrogen-bond acceptors (Lipinski definition) is 3. The van der Waals surface area contributed by atoms with E-state index in [1.165, 1.54) is 11.3 Å². The second kappa shape index (κ2) is 5.78. The minimum Gasteiger partial charge on any atom is -0.508 e. The Labute approximate surface area is 126 Å².